The molecule has 0 fully saturated rings. The summed E-state index contributed by atoms with van der Waals surface area (Å²) in [5, 5.41) is 0. The van der Waals surface area contributed by atoms with Crippen LogP contribution >= 0.6 is 0 Å². The molecule has 0 bridgehead atoms. The van der Waals surface area contributed by atoms with Crippen molar-refractivity contribution in [2.45, 2.75) is 32.8 Å². The van der Waals surface area contributed by atoms with Gasteiger partial charge in [-0.05, 0) is 54.7 Å². The van der Waals surface area contributed by atoms with E-state index in [-0.39, 0.29) is 5.60 Å². The molecule has 0 amide bonds. The highest BCUT2D eigenvalue weighted by Crippen LogP contribution is 2.37. The summed E-state index contributed by atoms with van der Waals surface area (Å²) in [6.07, 6.45) is 9.76. The predicted octanol–water partition coefficient (Wildman–Crippen LogP) is 5.87. The van der Waals surface area contributed by atoms with Crippen molar-refractivity contribution in [2.75, 3.05) is 6.54 Å². The SMILES string of the molecule is CCC(=C(c1ccccc1)C1C=CC=C1)c1ccc(OC(C)(C)CN)cc1. The fraction of sp³-hybridized carbons (Fsp3) is 0.280. The largest absolute Gasteiger partial charge is 0.487 e. The molecule has 140 valence electrons. The first kappa shape index (κ1) is 19.2. The van der Waals surface area contributed by atoms with E-state index in [1.807, 2.05) is 26.0 Å². The number of benzene rings is 2. The minimum Gasteiger partial charge on any atom is -0.487 e. The van der Waals surface area contributed by atoms with Crippen molar-refractivity contribution in [2.24, 2.45) is 11.7 Å². The summed E-state index contributed by atoms with van der Waals surface area (Å²) in [7, 11) is 0. The van der Waals surface area contributed by atoms with Crippen molar-refractivity contribution in [1.29, 1.82) is 0 Å². The lowest BCUT2D eigenvalue weighted by Gasteiger charge is -2.25. The van der Waals surface area contributed by atoms with E-state index in [0.717, 1.165) is 12.2 Å². The quantitative estimate of drug-likeness (QED) is 0.628. The van der Waals surface area contributed by atoms with Crippen LogP contribution in [0.2, 0.25) is 0 Å². The second kappa shape index (κ2) is 8.41. The van der Waals surface area contributed by atoms with Crippen LogP contribution in [0.4, 0.5) is 0 Å². The van der Waals surface area contributed by atoms with Crippen LogP contribution in [-0.4, -0.2) is 12.1 Å². The predicted molar refractivity (Wildman–Crippen MR) is 116 cm³/mol. The molecule has 27 heavy (non-hydrogen) atoms. The molecule has 0 aromatic heterocycles. The van der Waals surface area contributed by atoms with Gasteiger partial charge in [0.2, 0.25) is 0 Å². The number of hydrogen-bond donors (Lipinski definition) is 1. The molecule has 2 heteroatoms. The highest BCUT2D eigenvalue weighted by Gasteiger charge is 2.19. The van der Waals surface area contributed by atoms with E-state index in [0.29, 0.717) is 12.5 Å². The minimum atomic E-state index is -0.362. The lowest BCUT2D eigenvalue weighted by molar-refractivity contribution is 0.119. The van der Waals surface area contributed by atoms with Gasteiger partial charge in [-0.2, -0.15) is 0 Å². The number of hydrogen-bond acceptors (Lipinski definition) is 2. The average molecular weight is 360 g/mol. The van der Waals surface area contributed by atoms with Gasteiger partial charge in [0.05, 0.1) is 0 Å². The summed E-state index contributed by atoms with van der Waals surface area (Å²) in [6, 6.07) is 19.1. The average Bonchev–Trinajstić information content (AvgIpc) is 3.21. The number of allylic oxidation sites excluding steroid dienone is 6. The van der Waals surface area contributed by atoms with Gasteiger partial charge in [0.25, 0.3) is 0 Å². The molecule has 2 aromatic carbocycles. The van der Waals surface area contributed by atoms with E-state index in [1.165, 1.54) is 22.3 Å². The van der Waals surface area contributed by atoms with Gasteiger partial charge in [-0.15, -0.1) is 0 Å². The van der Waals surface area contributed by atoms with E-state index in [4.69, 9.17) is 10.5 Å². The van der Waals surface area contributed by atoms with E-state index >= 15 is 0 Å². The molecule has 1 aliphatic rings. The van der Waals surface area contributed by atoms with E-state index in [1.54, 1.807) is 0 Å². The zero-order valence-electron chi connectivity index (χ0n) is 16.5. The van der Waals surface area contributed by atoms with E-state index < -0.39 is 0 Å². The van der Waals surface area contributed by atoms with Crippen LogP contribution in [-0.2, 0) is 0 Å². The van der Waals surface area contributed by atoms with Gasteiger partial charge < -0.3 is 10.5 Å². The molecule has 2 aromatic rings. The molecule has 0 spiro atoms. The van der Waals surface area contributed by atoms with Crippen molar-refractivity contribution in [3.63, 3.8) is 0 Å². The second-order valence-corrected chi connectivity index (χ2v) is 7.50. The molecule has 0 unspecified atom stereocenters. The van der Waals surface area contributed by atoms with Crippen LogP contribution in [0.25, 0.3) is 11.1 Å². The Morgan fingerprint density at radius 2 is 1.56 bits per heavy atom. The monoisotopic (exact) mass is 359 g/mol. The lowest BCUT2D eigenvalue weighted by atomic mass is 9.85. The van der Waals surface area contributed by atoms with Crippen LogP contribution in [0.15, 0.2) is 78.9 Å². The van der Waals surface area contributed by atoms with Crippen LogP contribution < -0.4 is 10.5 Å². The molecular formula is C25H29NO. The van der Waals surface area contributed by atoms with E-state index in [9.17, 15) is 0 Å². The lowest BCUT2D eigenvalue weighted by Crippen LogP contribution is -2.37. The second-order valence-electron chi connectivity index (χ2n) is 7.50. The minimum absolute atomic E-state index is 0.314. The van der Waals surface area contributed by atoms with Crippen molar-refractivity contribution in [1.82, 2.24) is 0 Å². The first-order valence-electron chi connectivity index (χ1n) is 9.67. The standard InChI is InChI=1S/C25H29NO/c1-4-23(19-14-16-22(17-15-19)27-25(2,3)18-26)24(21-12-8-9-13-21)20-10-6-5-7-11-20/h5-17,21H,4,18,26H2,1-3H3. The Balaban J connectivity index is 2.01. The van der Waals surface area contributed by atoms with Gasteiger partial charge in [-0.1, -0.05) is 73.7 Å². The zero-order valence-corrected chi connectivity index (χ0v) is 16.5. The Labute approximate surface area is 163 Å². The highest BCUT2D eigenvalue weighted by molar-refractivity contribution is 5.93. The first-order chi connectivity index (χ1) is 13.0. The molecular weight excluding hydrogens is 330 g/mol. The molecule has 0 saturated heterocycles. The Hall–Kier alpha value is -2.58. The maximum Gasteiger partial charge on any atom is 0.120 e. The molecule has 2 N–H and O–H groups in total. The third kappa shape index (κ3) is 4.58. The molecule has 2 nitrogen and oxygen atoms in total. The third-order valence-electron chi connectivity index (χ3n) is 4.93. The summed E-state index contributed by atoms with van der Waals surface area (Å²) in [5.41, 5.74) is 10.7. The summed E-state index contributed by atoms with van der Waals surface area (Å²) in [4.78, 5) is 0. The Morgan fingerprint density at radius 3 is 2.11 bits per heavy atom. The van der Waals surface area contributed by atoms with Crippen molar-refractivity contribution in [3.05, 3.63) is 90.0 Å². The van der Waals surface area contributed by atoms with E-state index in [2.05, 4.69) is 73.7 Å². The van der Waals surface area contributed by atoms with Crippen LogP contribution in [0, 0.1) is 5.92 Å². The number of ether oxygens (including phenoxy) is 1. The van der Waals surface area contributed by atoms with Gasteiger partial charge in [-0.3, -0.25) is 0 Å². The van der Waals surface area contributed by atoms with Crippen molar-refractivity contribution >= 4 is 11.1 Å². The van der Waals surface area contributed by atoms with Gasteiger partial charge in [0, 0.05) is 12.5 Å². The van der Waals surface area contributed by atoms with Crippen LogP contribution in [0.1, 0.15) is 38.3 Å². The zero-order chi connectivity index (χ0) is 19.3. The maximum absolute atomic E-state index is 6.00. The molecule has 3 rings (SSSR count). The Kier molecular flexibility index (Phi) is 5.98. The molecule has 0 atom stereocenters. The van der Waals surface area contributed by atoms with Crippen LogP contribution in [0.5, 0.6) is 5.75 Å². The highest BCUT2D eigenvalue weighted by atomic mass is 16.5. The topological polar surface area (TPSA) is 35.2 Å². The molecule has 0 saturated carbocycles. The Bertz CT molecular complexity index is 830. The molecule has 0 heterocycles. The maximum atomic E-state index is 6.00. The van der Waals surface area contributed by atoms with Gasteiger partial charge in [0.1, 0.15) is 11.4 Å². The van der Waals surface area contributed by atoms with Crippen molar-refractivity contribution < 1.29 is 4.74 Å². The first-order valence-corrected chi connectivity index (χ1v) is 9.67. The van der Waals surface area contributed by atoms with Gasteiger partial charge >= 0.3 is 0 Å². The fourth-order valence-corrected chi connectivity index (χ4v) is 3.44. The van der Waals surface area contributed by atoms with Crippen molar-refractivity contribution in [3.8, 4) is 5.75 Å². The number of nitrogens with two attached hydrogens (primary N) is 1. The summed E-state index contributed by atoms with van der Waals surface area (Å²) >= 11 is 0. The third-order valence-corrected chi connectivity index (χ3v) is 4.93. The fourth-order valence-electron chi connectivity index (χ4n) is 3.44. The summed E-state index contributed by atoms with van der Waals surface area (Å²) in [5.74, 6) is 1.17. The normalized spacial score (nSPS) is 15.1. The molecule has 0 radical (unpaired) electrons. The number of rotatable bonds is 7. The van der Waals surface area contributed by atoms with Gasteiger partial charge in [0.15, 0.2) is 0 Å². The summed E-state index contributed by atoms with van der Waals surface area (Å²) < 4.78 is 6.00. The smallest absolute Gasteiger partial charge is 0.120 e. The molecule has 0 aliphatic heterocycles. The Morgan fingerprint density at radius 1 is 0.926 bits per heavy atom. The van der Waals surface area contributed by atoms with Crippen LogP contribution in [0.3, 0.4) is 0 Å². The summed E-state index contributed by atoms with van der Waals surface area (Å²) in [6.45, 7) is 6.71. The van der Waals surface area contributed by atoms with Gasteiger partial charge in [-0.25, -0.2) is 0 Å². The molecule has 1 aliphatic carbocycles.